The molecule has 0 heterocycles. The lowest BCUT2D eigenvalue weighted by molar-refractivity contribution is 0.175. The molecule has 4 nitrogen and oxygen atoms in total. The van der Waals surface area contributed by atoms with E-state index >= 15 is 0 Å². The highest BCUT2D eigenvalue weighted by atomic mass is 16.2. The van der Waals surface area contributed by atoms with Crippen LogP contribution in [0.1, 0.15) is 26.2 Å². The van der Waals surface area contributed by atoms with Crippen LogP contribution in [0.4, 0.5) is 10.5 Å². The molecule has 1 fully saturated rings. The number of para-hydroxylation sites is 1. The van der Waals surface area contributed by atoms with Crippen LogP contribution in [0.25, 0.3) is 0 Å². The number of nitrogens with one attached hydrogen (secondary N) is 1. The minimum Gasteiger partial charge on any atom is -0.330 e. The Balaban J connectivity index is 2.03. The van der Waals surface area contributed by atoms with Crippen molar-refractivity contribution in [2.75, 3.05) is 18.4 Å². The molecule has 19 heavy (non-hydrogen) atoms. The molecule has 1 aromatic carbocycles. The maximum Gasteiger partial charge on any atom is 0.322 e. The third-order valence-corrected chi connectivity index (χ3v) is 3.95. The average molecular weight is 261 g/mol. The zero-order chi connectivity index (χ0) is 13.7. The van der Waals surface area contributed by atoms with E-state index in [2.05, 4.69) is 5.32 Å². The van der Waals surface area contributed by atoms with Gasteiger partial charge in [-0.05, 0) is 44.4 Å². The maximum atomic E-state index is 12.4. The van der Waals surface area contributed by atoms with Crippen LogP contribution >= 0.6 is 0 Å². The Bertz CT molecular complexity index is 407. The van der Waals surface area contributed by atoms with Crippen molar-refractivity contribution in [3.05, 3.63) is 30.3 Å². The Labute approximate surface area is 115 Å². The summed E-state index contributed by atoms with van der Waals surface area (Å²) in [7, 11) is 0. The van der Waals surface area contributed by atoms with E-state index in [9.17, 15) is 4.79 Å². The van der Waals surface area contributed by atoms with Crippen LogP contribution in [-0.2, 0) is 0 Å². The van der Waals surface area contributed by atoms with Gasteiger partial charge in [0, 0.05) is 18.3 Å². The van der Waals surface area contributed by atoms with Gasteiger partial charge >= 0.3 is 6.03 Å². The van der Waals surface area contributed by atoms with Crippen molar-refractivity contribution in [2.24, 2.45) is 11.7 Å². The highest BCUT2D eigenvalue weighted by molar-refractivity contribution is 5.89. The van der Waals surface area contributed by atoms with Crippen molar-refractivity contribution in [3.63, 3.8) is 0 Å². The minimum absolute atomic E-state index is 0.0148. The van der Waals surface area contributed by atoms with Gasteiger partial charge in [-0.15, -0.1) is 0 Å². The van der Waals surface area contributed by atoms with Gasteiger partial charge in [0.05, 0.1) is 0 Å². The lowest BCUT2D eigenvalue weighted by atomic mass is 10.0. The normalized spacial score (nSPS) is 22.2. The average Bonchev–Trinajstić information content (AvgIpc) is 2.89. The molecule has 2 rings (SSSR count). The number of hydrogen-bond acceptors (Lipinski definition) is 2. The van der Waals surface area contributed by atoms with E-state index in [0.29, 0.717) is 18.5 Å². The van der Waals surface area contributed by atoms with Crippen molar-refractivity contribution in [3.8, 4) is 0 Å². The van der Waals surface area contributed by atoms with Crippen LogP contribution in [0.2, 0.25) is 0 Å². The maximum absolute atomic E-state index is 12.4. The largest absolute Gasteiger partial charge is 0.330 e. The number of carbonyl (C=O) groups is 1. The lowest BCUT2D eigenvalue weighted by Gasteiger charge is -2.31. The van der Waals surface area contributed by atoms with Crippen LogP contribution in [0.5, 0.6) is 0 Å². The van der Waals surface area contributed by atoms with Gasteiger partial charge in [-0.1, -0.05) is 24.6 Å². The van der Waals surface area contributed by atoms with E-state index in [1.807, 2.05) is 42.2 Å². The van der Waals surface area contributed by atoms with E-state index in [1.54, 1.807) is 0 Å². The molecule has 1 aromatic rings. The molecule has 0 spiro atoms. The first-order chi connectivity index (χ1) is 9.26. The summed E-state index contributed by atoms with van der Waals surface area (Å²) in [6.07, 6.45) is 3.37. The van der Waals surface area contributed by atoms with Gasteiger partial charge in [0.25, 0.3) is 0 Å². The third-order valence-electron chi connectivity index (χ3n) is 3.95. The number of anilines is 1. The first-order valence-corrected chi connectivity index (χ1v) is 7.09. The molecule has 2 amide bonds. The Morgan fingerprint density at radius 1 is 1.37 bits per heavy atom. The van der Waals surface area contributed by atoms with Gasteiger partial charge < -0.3 is 16.0 Å². The van der Waals surface area contributed by atoms with E-state index in [4.69, 9.17) is 5.73 Å². The summed E-state index contributed by atoms with van der Waals surface area (Å²) in [4.78, 5) is 14.3. The third kappa shape index (κ3) is 3.26. The minimum atomic E-state index is -0.0148. The van der Waals surface area contributed by atoms with Gasteiger partial charge in [-0.2, -0.15) is 0 Å². The molecule has 0 radical (unpaired) electrons. The molecular formula is C15H23N3O. The standard InChI is InChI=1S/C15H23N3O/c1-2-18(14-10-6-7-12(14)11-16)15(19)17-13-8-4-3-5-9-13/h3-5,8-9,12,14H,2,6-7,10-11,16H2,1H3,(H,17,19). The number of urea groups is 1. The number of hydrogen-bond donors (Lipinski definition) is 2. The van der Waals surface area contributed by atoms with Gasteiger partial charge in [-0.25, -0.2) is 4.79 Å². The van der Waals surface area contributed by atoms with Crippen LogP contribution in [0.15, 0.2) is 30.3 Å². The molecule has 0 aliphatic heterocycles. The molecule has 0 saturated heterocycles. The Morgan fingerprint density at radius 3 is 2.74 bits per heavy atom. The first-order valence-electron chi connectivity index (χ1n) is 7.09. The SMILES string of the molecule is CCN(C(=O)Nc1ccccc1)C1CCCC1CN. The van der Waals surface area contributed by atoms with Gasteiger partial charge in [-0.3, -0.25) is 0 Å². The van der Waals surface area contributed by atoms with E-state index in [-0.39, 0.29) is 6.03 Å². The topological polar surface area (TPSA) is 58.4 Å². The molecule has 4 heteroatoms. The van der Waals surface area contributed by atoms with Gasteiger partial charge in [0.15, 0.2) is 0 Å². The number of benzene rings is 1. The lowest BCUT2D eigenvalue weighted by Crippen LogP contribution is -2.46. The van der Waals surface area contributed by atoms with Crippen LogP contribution in [0, 0.1) is 5.92 Å². The fourth-order valence-corrected chi connectivity index (χ4v) is 2.95. The molecule has 3 N–H and O–H groups in total. The monoisotopic (exact) mass is 261 g/mol. The quantitative estimate of drug-likeness (QED) is 0.875. The summed E-state index contributed by atoms with van der Waals surface area (Å²) in [5.41, 5.74) is 6.65. The van der Waals surface area contributed by atoms with Crippen LogP contribution < -0.4 is 11.1 Å². The fourth-order valence-electron chi connectivity index (χ4n) is 2.95. The number of nitrogens with two attached hydrogens (primary N) is 1. The Kier molecular flexibility index (Phi) is 4.80. The second-order valence-electron chi connectivity index (χ2n) is 5.08. The van der Waals surface area contributed by atoms with Crippen molar-refractivity contribution in [2.45, 2.75) is 32.2 Å². The van der Waals surface area contributed by atoms with E-state index < -0.39 is 0 Å². The summed E-state index contributed by atoms with van der Waals surface area (Å²) in [5, 5.41) is 2.96. The van der Waals surface area contributed by atoms with Crippen molar-refractivity contribution >= 4 is 11.7 Å². The predicted octanol–water partition coefficient (Wildman–Crippen LogP) is 2.67. The molecule has 2 atom stereocenters. The summed E-state index contributed by atoms with van der Waals surface area (Å²) < 4.78 is 0. The molecule has 0 aromatic heterocycles. The number of amides is 2. The van der Waals surface area contributed by atoms with Gasteiger partial charge in [0.1, 0.15) is 0 Å². The highest BCUT2D eigenvalue weighted by Gasteiger charge is 2.33. The molecule has 1 saturated carbocycles. The molecular weight excluding hydrogens is 238 g/mol. The van der Waals surface area contributed by atoms with Gasteiger partial charge in [0.2, 0.25) is 0 Å². The molecule has 2 unspecified atom stereocenters. The van der Waals surface area contributed by atoms with Crippen molar-refractivity contribution < 1.29 is 4.79 Å². The molecule has 1 aliphatic carbocycles. The summed E-state index contributed by atoms with van der Waals surface area (Å²) in [5.74, 6) is 0.446. The van der Waals surface area contributed by atoms with Crippen LogP contribution in [-0.4, -0.2) is 30.1 Å². The van der Waals surface area contributed by atoms with Crippen molar-refractivity contribution in [1.29, 1.82) is 0 Å². The Morgan fingerprint density at radius 2 is 2.11 bits per heavy atom. The summed E-state index contributed by atoms with van der Waals surface area (Å²) >= 11 is 0. The molecule has 0 bridgehead atoms. The van der Waals surface area contributed by atoms with Crippen LogP contribution in [0.3, 0.4) is 0 Å². The smallest absolute Gasteiger partial charge is 0.322 e. The second-order valence-corrected chi connectivity index (χ2v) is 5.08. The molecule has 104 valence electrons. The first kappa shape index (κ1) is 13.9. The fraction of sp³-hybridized carbons (Fsp3) is 0.533. The molecule has 1 aliphatic rings. The number of nitrogens with zero attached hydrogens (tertiary/aromatic N) is 1. The van der Waals surface area contributed by atoms with E-state index in [1.165, 1.54) is 6.42 Å². The zero-order valence-electron chi connectivity index (χ0n) is 11.5. The van der Waals surface area contributed by atoms with E-state index in [0.717, 1.165) is 25.1 Å². The highest BCUT2D eigenvalue weighted by Crippen LogP contribution is 2.29. The summed E-state index contributed by atoms with van der Waals surface area (Å²) in [6, 6.07) is 9.86. The second kappa shape index (κ2) is 6.57. The summed E-state index contributed by atoms with van der Waals surface area (Å²) in [6.45, 7) is 3.41. The number of rotatable bonds is 4. The predicted molar refractivity (Wildman–Crippen MR) is 78.0 cm³/mol. The zero-order valence-corrected chi connectivity index (χ0v) is 11.5. The Hall–Kier alpha value is -1.55. The van der Waals surface area contributed by atoms with Crippen molar-refractivity contribution in [1.82, 2.24) is 4.90 Å². The number of carbonyl (C=O) groups excluding carboxylic acids is 1.